The van der Waals surface area contributed by atoms with Crippen LogP contribution in [0.2, 0.25) is 0 Å². The van der Waals surface area contributed by atoms with Gasteiger partial charge in [-0.15, -0.1) is 0 Å². The predicted octanol–water partition coefficient (Wildman–Crippen LogP) is 6.30. The first kappa shape index (κ1) is 22.7. The first-order valence-corrected chi connectivity index (χ1v) is 11.2. The zero-order chi connectivity index (χ0) is 23.8. The molecule has 0 unspecified atom stereocenters. The Labute approximate surface area is 199 Å². The van der Waals surface area contributed by atoms with Crippen LogP contribution in [-0.2, 0) is 6.42 Å². The molecule has 9 heteroatoms. The molecule has 3 aromatic rings. The van der Waals surface area contributed by atoms with E-state index < -0.39 is 10.8 Å². The lowest BCUT2D eigenvalue weighted by Crippen LogP contribution is -2.27. The number of nitrogens with one attached hydrogen (secondary N) is 2. The molecular weight excluding hydrogens is 488 g/mol. The fourth-order valence-electron chi connectivity index (χ4n) is 3.97. The molecule has 0 bridgehead atoms. The van der Waals surface area contributed by atoms with Crippen molar-refractivity contribution in [1.82, 2.24) is 0 Å². The highest BCUT2D eigenvalue weighted by Crippen LogP contribution is 2.39. The van der Waals surface area contributed by atoms with Gasteiger partial charge in [0.05, 0.1) is 22.0 Å². The summed E-state index contributed by atoms with van der Waals surface area (Å²) < 4.78 is 6.57. The van der Waals surface area contributed by atoms with Crippen LogP contribution in [0.15, 0.2) is 62.5 Å². The third-order valence-corrected chi connectivity index (χ3v) is 6.19. The van der Waals surface area contributed by atoms with E-state index in [4.69, 9.17) is 4.42 Å². The van der Waals surface area contributed by atoms with Crippen LogP contribution in [0.5, 0.6) is 0 Å². The average molecular weight is 511 g/mol. The molecule has 8 nitrogen and oxygen atoms in total. The molecule has 4 rings (SSSR count). The smallest absolute Gasteiger partial charge is 0.291 e. The van der Waals surface area contributed by atoms with Crippen LogP contribution in [0, 0.1) is 22.5 Å². The first-order chi connectivity index (χ1) is 15.6. The second kappa shape index (κ2) is 8.82. The molecule has 0 saturated heterocycles. The van der Waals surface area contributed by atoms with Gasteiger partial charge in [0.25, 0.3) is 11.6 Å². The van der Waals surface area contributed by atoms with E-state index in [-0.39, 0.29) is 16.9 Å². The summed E-state index contributed by atoms with van der Waals surface area (Å²) in [5.74, 6) is 0.403. The number of para-hydroxylation sites is 1. The normalized spacial score (nSPS) is 15.7. The summed E-state index contributed by atoms with van der Waals surface area (Å²) >= 11 is 3.33. The van der Waals surface area contributed by atoms with E-state index in [0.29, 0.717) is 27.9 Å². The number of nitro benzene ring substituents is 1. The molecule has 0 saturated carbocycles. The topological polar surface area (TPSA) is 110 Å². The first-order valence-electron chi connectivity index (χ1n) is 10.4. The highest BCUT2D eigenvalue weighted by atomic mass is 79.9. The summed E-state index contributed by atoms with van der Waals surface area (Å²) in [6, 6.07) is 13.8. The van der Waals surface area contributed by atoms with Crippen LogP contribution in [0.1, 0.15) is 47.7 Å². The summed E-state index contributed by atoms with van der Waals surface area (Å²) in [7, 11) is 0. The van der Waals surface area contributed by atoms with Gasteiger partial charge in [0.1, 0.15) is 5.76 Å². The summed E-state index contributed by atoms with van der Waals surface area (Å²) in [4.78, 5) is 23.7. The van der Waals surface area contributed by atoms with Crippen molar-refractivity contribution in [2.24, 2.45) is 10.5 Å². The number of amides is 1. The third kappa shape index (κ3) is 4.83. The maximum atomic E-state index is 13.1. The molecule has 0 radical (unpaired) electrons. The number of carbonyl (C=O) groups excluding carboxylic acids is 1. The van der Waals surface area contributed by atoms with E-state index >= 15 is 0 Å². The molecule has 0 spiro atoms. The van der Waals surface area contributed by atoms with E-state index in [1.807, 2.05) is 37.3 Å². The van der Waals surface area contributed by atoms with Crippen molar-refractivity contribution in [2.45, 2.75) is 33.6 Å². The fraction of sp³-hybridized carbons (Fsp3) is 0.250. The summed E-state index contributed by atoms with van der Waals surface area (Å²) in [6.45, 7) is 6.09. The molecule has 1 aromatic heterocycles. The van der Waals surface area contributed by atoms with Crippen molar-refractivity contribution in [3.63, 3.8) is 0 Å². The van der Waals surface area contributed by atoms with Gasteiger partial charge in [-0.2, -0.15) is 5.10 Å². The van der Waals surface area contributed by atoms with Crippen LogP contribution in [0.25, 0.3) is 0 Å². The SMILES string of the molecule is Cc1c(C(=O)Nc2cc([N+](=O)[O-])ccc2Br)oc2c1/C(=N\Nc1ccccc1)CC(C)(C)C2. The predicted molar refractivity (Wildman–Crippen MR) is 131 cm³/mol. The number of rotatable bonds is 5. The Kier molecular flexibility index (Phi) is 6.07. The Morgan fingerprint density at radius 2 is 1.91 bits per heavy atom. The van der Waals surface area contributed by atoms with Crippen LogP contribution in [-0.4, -0.2) is 16.5 Å². The van der Waals surface area contributed by atoms with E-state index in [1.165, 1.54) is 18.2 Å². The molecule has 1 aliphatic rings. The molecule has 1 heterocycles. The molecule has 2 aromatic carbocycles. The number of fused-ring (bicyclic) bond motifs is 1. The Hall–Kier alpha value is -3.46. The number of hydrogen-bond acceptors (Lipinski definition) is 6. The minimum Gasteiger partial charge on any atom is -0.455 e. The highest BCUT2D eigenvalue weighted by molar-refractivity contribution is 9.10. The summed E-state index contributed by atoms with van der Waals surface area (Å²) in [6.07, 6.45) is 1.39. The molecule has 170 valence electrons. The molecule has 1 aliphatic carbocycles. The van der Waals surface area contributed by atoms with Crippen molar-refractivity contribution < 1.29 is 14.1 Å². The lowest BCUT2D eigenvalue weighted by molar-refractivity contribution is -0.384. The second-order valence-corrected chi connectivity index (χ2v) is 9.64. The van der Waals surface area contributed by atoms with Gasteiger partial charge in [0, 0.05) is 34.2 Å². The van der Waals surface area contributed by atoms with Gasteiger partial charge in [-0.3, -0.25) is 20.3 Å². The number of benzene rings is 2. The van der Waals surface area contributed by atoms with E-state index in [1.54, 1.807) is 0 Å². The van der Waals surface area contributed by atoms with Crippen molar-refractivity contribution in [3.8, 4) is 0 Å². The molecule has 1 amide bonds. The van der Waals surface area contributed by atoms with E-state index in [0.717, 1.165) is 23.4 Å². The Morgan fingerprint density at radius 1 is 1.18 bits per heavy atom. The number of hydrogen-bond donors (Lipinski definition) is 2. The quantitative estimate of drug-likeness (QED) is 0.309. The van der Waals surface area contributed by atoms with Crippen molar-refractivity contribution in [1.29, 1.82) is 0 Å². The maximum Gasteiger partial charge on any atom is 0.291 e. The van der Waals surface area contributed by atoms with E-state index in [2.05, 4.69) is 45.6 Å². The lowest BCUT2D eigenvalue weighted by Gasteiger charge is -2.29. The highest BCUT2D eigenvalue weighted by Gasteiger charge is 2.36. The summed E-state index contributed by atoms with van der Waals surface area (Å²) in [5, 5.41) is 18.5. The minimum atomic E-state index is -0.510. The fourth-order valence-corrected chi connectivity index (χ4v) is 4.32. The zero-order valence-corrected chi connectivity index (χ0v) is 20.0. The number of non-ortho nitro benzene ring substituents is 1. The van der Waals surface area contributed by atoms with Gasteiger partial charge in [-0.05, 0) is 52.9 Å². The number of furan rings is 1. The molecule has 2 N–H and O–H groups in total. The zero-order valence-electron chi connectivity index (χ0n) is 18.4. The molecule has 0 atom stereocenters. The van der Waals surface area contributed by atoms with Gasteiger partial charge in [-0.1, -0.05) is 32.0 Å². The van der Waals surface area contributed by atoms with Crippen molar-refractivity contribution >= 4 is 44.6 Å². The van der Waals surface area contributed by atoms with Crippen molar-refractivity contribution in [2.75, 3.05) is 10.7 Å². The monoisotopic (exact) mass is 510 g/mol. The van der Waals surface area contributed by atoms with Gasteiger partial charge in [0.15, 0.2) is 5.76 Å². The lowest BCUT2D eigenvalue weighted by atomic mass is 9.75. The van der Waals surface area contributed by atoms with Gasteiger partial charge >= 0.3 is 0 Å². The Bertz CT molecular complexity index is 1260. The molecule has 0 fully saturated rings. The number of nitrogens with zero attached hydrogens (tertiary/aromatic N) is 2. The number of nitro groups is 1. The number of halogens is 1. The standard InChI is InChI=1S/C24H23BrN4O4/c1-14-21-19(28-27-15-7-5-4-6-8-15)12-24(2,3)13-20(21)33-22(14)23(30)26-18-11-16(29(31)32)9-10-17(18)25/h4-11,27H,12-13H2,1-3H3,(H,26,30)/b28-19-. The number of hydrazone groups is 1. The van der Waals surface area contributed by atoms with Crippen LogP contribution in [0.4, 0.5) is 17.1 Å². The minimum absolute atomic E-state index is 0.0920. The molecule has 0 aliphatic heterocycles. The Morgan fingerprint density at radius 3 is 2.61 bits per heavy atom. The third-order valence-electron chi connectivity index (χ3n) is 5.50. The molecule has 33 heavy (non-hydrogen) atoms. The van der Waals surface area contributed by atoms with Gasteiger partial charge in [0.2, 0.25) is 0 Å². The number of carbonyl (C=O) groups is 1. The van der Waals surface area contributed by atoms with Crippen LogP contribution >= 0.6 is 15.9 Å². The largest absolute Gasteiger partial charge is 0.455 e. The van der Waals surface area contributed by atoms with Crippen LogP contribution in [0.3, 0.4) is 0 Å². The van der Waals surface area contributed by atoms with E-state index in [9.17, 15) is 14.9 Å². The molecular formula is C24H23BrN4O4. The van der Waals surface area contributed by atoms with Gasteiger partial charge in [-0.25, -0.2) is 0 Å². The summed E-state index contributed by atoms with van der Waals surface area (Å²) in [5.41, 5.74) is 6.39. The van der Waals surface area contributed by atoms with Gasteiger partial charge < -0.3 is 9.73 Å². The average Bonchev–Trinajstić information content (AvgIpc) is 3.09. The number of anilines is 2. The maximum absolute atomic E-state index is 13.1. The van der Waals surface area contributed by atoms with Crippen LogP contribution < -0.4 is 10.7 Å². The van der Waals surface area contributed by atoms with Crippen molar-refractivity contribution in [3.05, 3.63) is 85.8 Å². The Balaban J connectivity index is 1.67. The second-order valence-electron chi connectivity index (χ2n) is 8.78.